The van der Waals surface area contributed by atoms with Crippen LogP contribution in [0.2, 0.25) is 5.02 Å². The number of anilines is 1. The van der Waals surface area contributed by atoms with Crippen molar-refractivity contribution in [2.24, 2.45) is 0 Å². The maximum absolute atomic E-state index is 8.87. The third-order valence-corrected chi connectivity index (χ3v) is 3.18. The van der Waals surface area contributed by atoms with Crippen molar-refractivity contribution >= 4 is 17.3 Å². The number of methoxy groups -OCH3 is 1. The fourth-order valence-electron chi connectivity index (χ4n) is 1.84. The molecule has 18 heavy (non-hydrogen) atoms. The molecule has 3 nitrogen and oxygen atoms in total. The molecule has 0 heterocycles. The van der Waals surface area contributed by atoms with Crippen LogP contribution in [-0.2, 0) is 4.74 Å². The van der Waals surface area contributed by atoms with Crippen molar-refractivity contribution in [3.63, 3.8) is 0 Å². The number of rotatable bonds is 5. The molecular weight excluding hydrogens is 248 g/mol. The molecule has 1 unspecified atom stereocenters. The Bertz CT molecular complexity index is 452. The summed E-state index contributed by atoms with van der Waals surface area (Å²) < 4.78 is 5.40. The largest absolute Gasteiger partial charge is 0.381 e. The topological polar surface area (TPSA) is 45.0 Å². The molecule has 98 valence electrons. The Morgan fingerprint density at radius 1 is 1.50 bits per heavy atom. The maximum Gasteiger partial charge on any atom is 0.0992 e. The van der Waals surface area contributed by atoms with Crippen LogP contribution >= 0.6 is 11.6 Å². The number of halogens is 1. The van der Waals surface area contributed by atoms with Crippen LogP contribution in [0.1, 0.15) is 32.8 Å². The summed E-state index contributed by atoms with van der Waals surface area (Å²) in [6.45, 7) is 6.15. The van der Waals surface area contributed by atoms with Gasteiger partial charge in [-0.1, -0.05) is 11.6 Å². The quantitative estimate of drug-likeness (QED) is 0.881. The van der Waals surface area contributed by atoms with Crippen LogP contribution in [0.15, 0.2) is 18.2 Å². The zero-order chi connectivity index (χ0) is 13.8. The molecule has 0 aromatic heterocycles. The third-order valence-electron chi connectivity index (χ3n) is 2.85. The molecule has 4 heteroatoms. The summed E-state index contributed by atoms with van der Waals surface area (Å²) in [6, 6.07) is 7.51. The summed E-state index contributed by atoms with van der Waals surface area (Å²) in [5.41, 5.74) is 1.20. The van der Waals surface area contributed by atoms with Gasteiger partial charge in [-0.25, -0.2) is 0 Å². The van der Waals surface area contributed by atoms with Crippen molar-refractivity contribution < 1.29 is 4.74 Å². The van der Waals surface area contributed by atoms with E-state index in [1.54, 1.807) is 25.3 Å². The van der Waals surface area contributed by atoms with Gasteiger partial charge < -0.3 is 10.1 Å². The zero-order valence-corrected chi connectivity index (χ0v) is 12.0. The Hall–Kier alpha value is -1.24. The van der Waals surface area contributed by atoms with Gasteiger partial charge in [-0.2, -0.15) is 5.26 Å². The van der Waals surface area contributed by atoms with Crippen LogP contribution in [0.4, 0.5) is 5.69 Å². The van der Waals surface area contributed by atoms with Crippen LogP contribution in [0.5, 0.6) is 0 Å². The number of benzene rings is 1. The maximum atomic E-state index is 8.87. The molecular formula is C14H19ClN2O. The molecule has 0 radical (unpaired) electrons. The predicted octanol–water partition coefficient (Wildman–Crippen LogP) is 3.83. The van der Waals surface area contributed by atoms with Gasteiger partial charge in [0.05, 0.1) is 27.9 Å². The molecule has 0 amide bonds. The Kier molecular flexibility index (Phi) is 5.01. The number of hydrogen-bond acceptors (Lipinski definition) is 3. The van der Waals surface area contributed by atoms with Gasteiger partial charge in [0.1, 0.15) is 0 Å². The molecule has 0 saturated heterocycles. The average molecular weight is 267 g/mol. The van der Waals surface area contributed by atoms with Gasteiger partial charge in [0.15, 0.2) is 0 Å². The standard InChI is InChI=1S/C14H19ClN2O/c1-10(8-14(2,3)18-4)17-13-7-11(9-16)5-6-12(13)15/h5-7,10,17H,8H2,1-4H3. The van der Waals surface area contributed by atoms with Gasteiger partial charge in [0, 0.05) is 13.2 Å². The molecule has 1 aromatic rings. The van der Waals surface area contributed by atoms with Crippen molar-refractivity contribution in [2.45, 2.75) is 38.8 Å². The molecule has 0 aliphatic carbocycles. The van der Waals surface area contributed by atoms with E-state index in [-0.39, 0.29) is 11.6 Å². The van der Waals surface area contributed by atoms with Crippen molar-refractivity contribution in [1.82, 2.24) is 0 Å². The molecule has 0 bridgehead atoms. The summed E-state index contributed by atoms with van der Waals surface area (Å²) in [4.78, 5) is 0. The molecule has 0 aliphatic rings. The second-order valence-electron chi connectivity index (χ2n) is 5.02. The number of hydrogen-bond donors (Lipinski definition) is 1. The first-order chi connectivity index (χ1) is 8.38. The molecule has 1 rings (SSSR count). The van der Waals surface area contributed by atoms with E-state index >= 15 is 0 Å². The Labute approximate surface area is 114 Å². The van der Waals surface area contributed by atoms with E-state index < -0.39 is 0 Å². The monoisotopic (exact) mass is 266 g/mol. The van der Waals surface area contributed by atoms with Gasteiger partial charge in [0.25, 0.3) is 0 Å². The molecule has 0 spiro atoms. The first-order valence-corrected chi connectivity index (χ1v) is 6.27. The Morgan fingerprint density at radius 3 is 2.72 bits per heavy atom. The first-order valence-electron chi connectivity index (χ1n) is 5.89. The predicted molar refractivity (Wildman–Crippen MR) is 75.0 cm³/mol. The lowest BCUT2D eigenvalue weighted by molar-refractivity contribution is 0.0128. The minimum absolute atomic E-state index is 0.189. The van der Waals surface area contributed by atoms with Gasteiger partial charge in [-0.15, -0.1) is 0 Å². The molecule has 1 atom stereocenters. The van der Waals surface area contributed by atoms with Gasteiger partial charge in [0.2, 0.25) is 0 Å². The van der Waals surface area contributed by atoms with E-state index in [9.17, 15) is 0 Å². The highest BCUT2D eigenvalue weighted by atomic mass is 35.5. The summed E-state index contributed by atoms with van der Waals surface area (Å²) in [5, 5.41) is 12.8. The smallest absolute Gasteiger partial charge is 0.0992 e. The summed E-state index contributed by atoms with van der Waals surface area (Å²) >= 11 is 6.10. The highest BCUT2D eigenvalue weighted by Crippen LogP contribution is 2.25. The second kappa shape index (κ2) is 6.08. The zero-order valence-electron chi connectivity index (χ0n) is 11.2. The fourth-order valence-corrected chi connectivity index (χ4v) is 2.01. The number of nitrogens with one attached hydrogen (secondary N) is 1. The van der Waals surface area contributed by atoms with E-state index in [1.165, 1.54) is 0 Å². The van der Waals surface area contributed by atoms with E-state index in [1.807, 2.05) is 13.8 Å². The van der Waals surface area contributed by atoms with Crippen molar-refractivity contribution in [3.8, 4) is 6.07 Å². The van der Waals surface area contributed by atoms with Gasteiger partial charge >= 0.3 is 0 Å². The lowest BCUT2D eigenvalue weighted by atomic mass is 9.99. The fraction of sp³-hybridized carbons (Fsp3) is 0.500. The minimum atomic E-state index is -0.189. The van der Waals surface area contributed by atoms with E-state index in [0.717, 1.165) is 12.1 Å². The first kappa shape index (κ1) is 14.8. The molecule has 1 N–H and O–H groups in total. The van der Waals surface area contributed by atoms with E-state index in [4.69, 9.17) is 21.6 Å². The number of nitriles is 1. The Morgan fingerprint density at radius 2 is 2.17 bits per heavy atom. The normalized spacial score (nSPS) is 12.9. The van der Waals surface area contributed by atoms with Crippen LogP contribution in [-0.4, -0.2) is 18.8 Å². The summed E-state index contributed by atoms with van der Waals surface area (Å²) in [7, 11) is 1.70. The lowest BCUT2D eigenvalue weighted by Gasteiger charge is -2.27. The highest BCUT2D eigenvalue weighted by molar-refractivity contribution is 6.33. The van der Waals surface area contributed by atoms with Gasteiger partial charge in [-0.3, -0.25) is 0 Å². The number of ether oxygens (including phenoxy) is 1. The molecule has 0 saturated carbocycles. The van der Waals surface area contributed by atoms with Crippen LogP contribution in [0.25, 0.3) is 0 Å². The molecule has 0 aliphatic heterocycles. The second-order valence-corrected chi connectivity index (χ2v) is 5.43. The number of nitrogens with zero attached hydrogens (tertiary/aromatic N) is 1. The summed E-state index contributed by atoms with van der Waals surface area (Å²) in [6.07, 6.45) is 0.844. The average Bonchev–Trinajstić information content (AvgIpc) is 2.31. The van der Waals surface area contributed by atoms with Crippen molar-refractivity contribution in [2.75, 3.05) is 12.4 Å². The third kappa shape index (κ3) is 4.21. The van der Waals surface area contributed by atoms with E-state index in [2.05, 4.69) is 18.3 Å². The summed E-state index contributed by atoms with van der Waals surface area (Å²) in [5.74, 6) is 0. The van der Waals surface area contributed by atoms with Crippen LogP contribution in [0.3, 0.4) is 0 Å². The van der Waals surface area contributed by atoms with Crippen LogP contribution in [0, 0.1) is 11.3 Å². The Balaban J connectivity index is 2.76. The van der Waals surface area contributed by atoms with Crippen LogP contribution < -0.4 is 5.32 Å². The lowest BCUT2D eigenvalue weighted by Crippen LogP contribution is -2.31. The highest BCUT2D eigenvalue weighted by Gasteiger charge is 2.20. The van der Waals surface area contributed by atoms with Crippen molar-refractivity contribution in [3.05, 3.63) is 28.8 Å². The van der Waals surface area contributed by atoms with Gasteiger partial charge in [-0.05, 0) is 45.4 Å². The van der Waals surface area contributed by atoms with Crippen molar-refractivity contribution in [1.29, 1.82) is 5.26 Å². The van der Waals surface area contributed by atoms with E-state index in [0.29, 0.717) is 10.6 Å². The SMILES string of the molecule is COC(C)(C)CC(C)Nc1cc(C#N)ccc1Cl. The molecule has 0 fully saturated rings. The molecule has 1 aromatic carbocycles. The minimum Gasteiger partial charge on any atom is -0.381 e.